The maximum Gasteiger partial charge on any atom is 0.326 e. The number of anilines is 1. The lowest BCUT2D eigenvalue weighted by Gasteiger charge is -2.15. The van der Waals surface area contributed by atoms with Crippen LogP contribution in [0, 0.1) is 13.8 Å². The van der Waals surface area contributed by atoms with Gasteiger partial charge in [0.05, 0.1) is 0 Å². The summed E-state index contributed by atoms with van der Waals surface area (Å²) in [5.74, 6) is -1.02. The van der Waals surface area contributed by atoms with Gasteiger partial charge < -0.3 is 15.7 Å². The number of aryl methyl sites for hydroxylation is 2. The van der Waals surface area contributed by atoms with Crippen LogP contribution in [-0.2, 0) is 4.79 Å². The number of carboxylic acid groups (broad SMARTS) is 1. The van der Waals surface area contributed by atoms with E-state index in [0.717, 1.165) is 15.6 Å². The van der Waals surface area contributed by atoms with Gasteiger partial charge in [0.25, 0.3) is 0 Å². The predicted octanol–water partition coefficient (Wildman–Crippen LogP) is 3.44. The van der Waals surface area contributed by atoms with E-state index >= 15 is 0 Å². The van der Waals surface area contributed by atoms with E-state index in [4.69, 9.17) is 5.11 Å². The fourth-order valence-electron chi connectivity index (χ4n) is 1.89. The van der Waals surface area contributed by atoms with Gasteiger partial charge >= 0.3 is 12.0 Å². The van der Waals surface area contributed by atoms with Crippen molar-refractivity contribution in [2.45, 2.75) is 39.7 Å². The topological polar surface area (TPSA) is 78.4 Å². The van der Waals surface area contributed by atoms with Crippen LogP contribution in [0.4, 0.5) is 10.5 Å². The van der Waals surface area contributed by atoms with E-state index in [1.165, 1.54) is 0 Å². The molecule has 0 heterocycles. The van der Waals surface area contributed by atoms with Crippen LogP contribution in [0.15, 0.2) is 16.6 Å². The summed E-state index contributed by atoms with van der Waals surface area (Å²) in [5.41, 5.74) is 2.65. The van der Waals surface area contributed by atoms with Gasteiger partial charge in [0, 0.05) is 10.2 Å². The Kier molecular flexibility index (Phi) is 6.01. The Morgan fingerprint density at radius 2 is 1.85 bits per heavy atom. The fraction of sp³-hybridized carbons (Fsp3) is 0.429. The van der Waals surface area contributed by atoms with Crippen LogP contribution in [0.2, 0.25) is 0 Å². The molecule has 2 amide bonds. The third kappa shape index (κ3) is 4.52. The highest BCUT2D eigenvalue weighted by atomic mass is 79.9. The summed E-state index contributed by atoms with van der Waals surface area (Å²) in [4.78, 5) is 22.8. The Morgan fingerprint density at radius 1 is 1.30 bits per heavy atom. The van der Waals surface area contributed by atoms with Gasteiger partial charge in [-0.2, -0.15) is 0 Å². The van der Waals surface area contributed by atoms with E-state index in [1.807, 2.05) is 32.9 Å². The van der Waals surface area contributed by atoms with Gasteiger partial charge in [0.15, 0.2) is 0 Å². The van der Waals surface area contributed by atoms with E-state index < -0.39 is 18.0 Å². The van der Waals surface area contributed by atoms with Gasteiger partial charge in [-0.3, -0.25) is 0 Å². The molecule has 6 heteroatoms. The Morgan fingerprint density at radius 3 is 2.30 bits per heavy atom. The zero-order valence-electron chi connectivity index (χ0n) is 11.8. The number of carbonyl (C=O) groups is 2. The molecule has 0 aliphatic heterocycles. The number of nitrogens with one attached hydrogen (secondary N) is 2. The first-order chi connectivity index (χ1) is 9.35. The van der Waals surface area contributed by atoms with Crippen molar-refractivity contribution in [2.24, 2.45) is 0 Å². The number of hydrogen-bond acceptors (Lipinski definition) is 2. The molecule has 0 saturated carbocycles. The molecule has 0 saturated heterocycles. The van der Waals surface area contributed by atoms with Crippen LogP contribution < -0.4 is 10.6 Å². The van der Waals surface area contributed by atoms with Crippen LogP contribution in [0.3, 0.4) is 0 Å². The minimum atomic E-state index is -1.02. The van der Waals surface area contributed by atoms with Crippen molar-refractivity contribution in [1.29, 1.82) is 0 Å². The molecule has 5 nitrogen and oxygen atoms in total. The average molecular weight is 343 g/mol. The molecule has 0 radical (unpaired) electrons. The number of hydrogen-bond donors (Lipinski definition) is 3. The second kappa shape index (κ2) is 7.28. The van der Waals surface area contributed by atoms with Crippen molar-refractivity contribution < 1.29 is 14.7 Å². The van der Waals surface area contributed by atoms with Crippen molar-refractivity contribution >= 4 is 33.6 Å². The monoisotopic (exact) mass is 342 g/mol. The molecule has 0 spiro atoms. The molecule has 3 N–H and O–H groups in total. The number of benzene rings is 1. The number of aliphatic carboxylic acids is 1. The molecule has 1 aromatic carbocycles. The smallest absolute Gasteiger partial charge is 0.326 e. The lowest BCUT2D eigenvalue weighted by Crippen LogP contribution is -2.42. The lowest BCUT2D eigenvalue weighted by atomic mass is 10.1. The molecule has 1 aromatic rings. The van der Waals surface area contributed by atoms with E-state index in [1.54, 1.807) is 0 Å². The van der Waals surface area contributed by atoms with Crippen molar-refractivity contribution in [1.82, 2.24) is 5.32 Å². The Hall–Kier alpha value is -1.56. The second-order valence-corrected chi connectivity index (χ2v) is 5.49. The molecule has 1 atom stereocenters. The molecule has 110 valence electrons. The van der Waals surface area contributed by atoms with Gasteiger partial charge in [-0.05, 0) is 43.5 Å². The molecule has 0 bridgehead atoms. The quantitative estimate of drug-likeness (QED) is 0.766. The Bertz CT molecular complexity index is 494. The first-order valence-corrected chi connectivity index (χ1v) is 7.21. The van der Waals surface area contributed by atoms with E-state index in [2.05, 4.69) is 26.6 Å². The molecular weight excluding hydrogens is 324 g/mol. The number of halogens is 1. The number of rotatable bonds is 5. The first kappa shape index (κ1) is 16.5. The second-order valence-electron chi connectivity index (χ2n) is 4.70. The molecule has 1 rings (SSSR count). The maximum atomic E-state index is 11.8. The van der Waals surface area contributed by atoms with Crippen LogP contribution >= 0.6 is 15.9 Å². The third-order valence-electron chi connectivity index (χ3n) is 2.88. The van der Waals surface area contributed by atoms with Gasteiger partial charge in [-0.25, -0.2) is 9.59 Å². The van der Waals surface area contributed by atoms with Gasteiger partial charge in [0.2, 0.25) is 0 Å². The standard InChI is InChI=1S/C14H19BrN2O3/c1-4-5-11(13(18)19)17-14(20)16-10-6-8(2)12(15)9(3)7-10/h6-7,11H,4-5H2,1-3H3,(H,18,19)(H2,16,17,20)/t11-/m1/s1. The van der Waals surface area contributed by atoms with Crippen LogP contribution in [-0.4, -0.2) is 23.1 Å². The van der Waals surface area contributed by atoms with E-state index in [0.29, 0.717) is 18.5 Å². The van der Waals surface area contributed by atoms with Crippen LogP contribution in [0.25, 0.3) is 0 Å². The molecule has 0 aliphatic rings. The molecule has 20 heavy (non-hydrogen) atoms. The summed E-state index contributed by atoms with van der Waals surface area (Å²) in [6.07, 6.45) is 1.09. The summed E-state index contributed by atoms with van der Waals surface area (Å²) < 4.78 is 0.998. The summed E-state index contributed by atoms with van der Waals surface area (Å²) in [5, 5.41) is 14.1. The number of carbonyl (C=O) groups excluding carboxylic acids is 1. The van der Waals surface area contributed by atoms with Crippen LogP contribution in [0.5, 0.6) is 0 Å². The van der Waals surface area contributed by atoms with Crippen molar-refractivity contribution in [2.75, 3.05) is 5.32 Å². The SMILES string of the molecule is CCC[C@@H](NC(=O)Nc1cc(C)c(Br)c(C)c1)C(=O)O. The van der Waals surface area contributed by atoms with Crippen molar-refractivity contribution in [3.63, 3.8) is 0 Å². The normalized spacial score (nSPS) is 11.8. The maximum absolute atomic E-state index is 11.8. The largest absolute Gasteiger partial charge is 0.480 e. The fourth-order valence-corrected chi connectivity index (χ4v) is 2.12. The van der Waals surface area contributed by atoms with Crippen LogP contribution in [0.1, 0.15) is 30.9 Å². The van der Waals surface area contributed by atoms with Gasteiger partial charge in [-0.15, -0.1) is 0 Å². The first-order valence-electron chi connectivity index (χ1n) is 6.42. The highest BCUT2D eigenvalue weighted by molar-refractivity contribution is 9.10. The Labute approximate surface area is 126 Å². The lowest BCUT2D eigenvalue weighted by molar-refractivity contribution is -0.139. The summed E-state index contributed by atoms with van der Waals surface area (Å²) in [7, 11) is 0. The predicted molar refractivity (Wildman–Crippen MR) is 82.1 cm³/mol. The molecule has 0 fully saturated rings. The minimum absolute atomic E-state index is 0.404. The summed E-state index contributed by atoms with van der Waals surface area (Å²) in [6.45, 7) is 5.73. The highest BCUT2D eigenvalue weighted by Crippen LogP contribution is 2.24. The average Bonchev–Trinajstić information content (AvgIpc) is 2.35. The third-order valence-corrected chi connectivity index (χ3v) is 4.13. The van der Waals surface area contributed by atoms with E-state index in [-0.39, 0.29) is 0 Å². The molecular formula is C14H19BrN2O3. The van der Waals surface area contributed by atoms with Gasteiger partial charge in [-0.1, -0.05) is 29.3 Å². The zero-order chi connectivity index (χ0) is 15.3. The Balaban J connectivity index is 2.73. The number of carboxylic acids is 1. The van der Waals surface area contributed by atoms with Crippen molar-refractivity contribution in [3.8, 4) is 0 Å². The summed E-state index contributed by atoms with van der Waals surface area (Å²) >= 11 is 3.45. The number of amides is 2. The minimum Gasteiger partial charge on any atom is -0.480 e. The number of urea groups is 1. The van der Waals surface area contributed by atoms with E-state index in [9.17, 15) is 9.59 Å². The summed E-state index contributed by atoms with van der Waals surface area (Å²) in [6, 6.07) is 2.28. The molecule has 0 aromatic heterocycles. The molecule has 0 unspecified atom stereocenters. The zero-order valence-corrected chi connectivity index (χ0v) is 13.4. The molecule has 0 aliphatic carbocycles. The van der Waals surface area contributed by atoms with Gasteiger partial charge in [0.1, 0.15) is 6.04 Å². The van der Waals surface area contributed by atoms with Crippen molar-refractivity contribution in [3.05, 3.63) is 27.7 Å². The highest BCUT2D eigenvalue weighted by Gasteiger charge is 2.18.